The van der Waals surface area contributed by atoms with Gasteiger partial charge in [0.2, 0.25) is 20.3 Å². The second kappa shape index (κ2) is 26.9. The monoisotopic (exact) mass is 1240 g/mol. The molecular formula is C62H65Cl3FN5O11SSi. The number of aromatic nitrogens is 5. The number of ether oxygens (including phenoxy) is 6. The number of hydrogen-bond donors (Lipinski definition) is 0. The van der Waals surface area contributed by atoms with Crippen LogP contribution in [0.4, 0.5) is 4.39 Å². The Labute approximate surface area is 505 Å². The van der Waals surface area contributed by atoms with Crippen molar-refractivity contribution in [2.24, 2.45) is 0 Å². The Kier molecular flexibility index (Phi) is 20.1. The highest BCUT2D eigenvalue weighted by Crippen LogP contribution is 2.49. The van der Waals surface area contributed by atoms with Gasteiger partial charge in [-0.1, -0.05) is 91.5 Å². The first-order chi connectivity index (χ1) is 40.0. The molecule has 0 amide bonds. The van der Waals surface area contributed by atoms with Crippen LogP contribution in [-0.4, -0.2) is 93.0 Å². The molecule has 3 heterocycles. The van der Waals surface area contributed by atoms with Gasteiger partial charge in [0.05, 0.1) is 69.5 Å². The van der Waals surface area contributed by atoms with Crippen molar-refractivity contribution in [1.82, 2.24) is 24.5 Å². The zero-order chi connectivity index (χ0) is 60.7. The van der Waals surface area contributed by atoms with Crippen LogP contribution in [0, 0.1) is 26.6 Å². The van der Waals surface area contributed by atoms with E-state index in [0.29, 0.717) is 68.0 Å². The van der Waals surface area contributed by atoms with E-state index in [2.05, 4.69) is 55.4 Å². The first kappa shape index (κ1) is 62.9. The van der Waals surface area contributed by atoms with Crippen LogP contribution in [0.15, 0.2) is 127 Å². The minimum atomic E-state index is -4.24. The lowest BCUT2D eigenvalue weighted by Crippen LogP contribution is -2.43. The third-order valence-corrected chi connectivity index (χ3v) is 21.1. The number of carbonyl (C=O) groups excluding carboxylic acids is 1. The van der Waals surface area contributed by atoms with Gasteiger partial charge in [0, 0.05) is 23.7 Å². The van der Waals surface area contributed by atoms with E-state index < -0.39 is 49.0 Å². The number of carbonyl (C=O) groups is 1. The van der Waals surface area contributed by atoms with E-state index in [9.17, 15) is 17.6 Å². The highest BCUT2D eigenvalue weighted by atomic mass is 35.5. The molecule has 22 heteroatoms. The van der Waals surface area contributed by atoms with Crippen LogP contribution in [0.3, 0.4) is 0 Å². The molecule has 0 unspecified atom stereocenters. The number of nitrogens with zero attached hydrogens (tertiary/aromatic N) is 5. The lowest BCUT2D eigenvalue weighted by atomic mass is 10.1. The second-order valence-corrected chi connectivity index (χ2v) is 28.6. The molecule has 0 aliphatic rings. The number of rotatable bonds is 25. The molecule has 84 heavy (non-hydrogen) atoms. The molecule has 8 aromatic rings. The number of methoxy groups -OCH3 is 1. The van der Waals surface area contributed by atoms with Crippen molar-refractivity contribution in [2.45, 2.75) is 96.7 Å². The number of halogens is 4. The topological polar surface area (TPSA) is 182 Å². The van der Waals surface area contributed by atoms with Gasteiger partial charge in [0.15, 0.2) is 11.6 Å². The van der Waals surface area contributed by atoms with E-state index in [4.69, 9.17) is 76.8 Å². The highest BCUT2D eigenvalue weighted by Gasteiger charge is 2.39. The van der Waals surface area contributed by atoms with E-state index in [0.717, 1.165) is 5.56 Å². The quantitative estimate of drug-likeness (QED) is 0.0173. The van der Waals surface area contributed by atoms with E-state index in [1.165, 1.54) is 36.7 Å². The first-order valence-corrected chi connectivity index (χ1v) is 32.3. The summed E-state index contributed by atoms with van der Waals surface area (Å²) < 4.78 is 92.4. The largest absolute Gasteiger partial charge is 0.543 e. The van der Waals surface area contributed by atoms with Gasteiger partial charge in [0.1, 0.15) is 59.7 Å². The van der Waals surface area contributed by atoms with Crippen LogP contribution in [0.2, 0.25) is 33.2 Å². The fourth-order valence-electron chi connectivity index (χ4n) is 8.79. The number of para-hydroxylation sites is 1. The van der Waals surface area contributed by atoms with E-state index in [-0.39, 0.29) is 80.5 Å². The molecule has 0 saturated carbocycles. The van der Waals surface area contributed by atoms with Crippen LogP contribution in [-0.2, 0) is 41.6 Å². The Morgan fingerprint density at radius 2 is 1.56 bits per heavy atom. The summed E-state index contributed by atoms with van der Waals surface area (Å²) in [6.45, 7) is 20.9. The summed E-state index contributed by atoms with van der Waals surface area (Å²) in [5, 5.41) is -0.00436. The summed E-state index contributed by atoms with van der Waals surface area (Å²) >= 11 is 22.1. The summed E-state index contributed by atoms with van der Waals surface area (Å²) in [6, 6.07) is 26.5. The third kappa shape index (κ3) is 14.2. The fraction of sp³-hybridized carbons (Fsp3) is 0.306. The smallest absolute Gasteiger partial charge is 0.347 e. The third-order valence-electron chi connectivity index (χ3n) is 14.2. The van der Waals surface area contributed by atoms with Crippen molar-refractivity contribution in [3.05, 3.63) is 171 Å². The summed E-state index contributed by atoms with van der Waals surface area (Å²) in [5.74, 6) is 0.673. The predicted molar refractivity (Wildman–Crippen MR) is 326 cm³/mol. The Bertz CT molecular complexity index is 3780. The molecule has 8 rings (SSSR count). The molecule has 0 aliphatic heterocycles. The molecule has 5 aromatic carbocycles. The maximum absolute atomic E-state index is 14.7. The van der Waals surface area contributed by atoms with Gasteiger partial charge in [-0.3, -0.25) is 4.18 Å². The lowest BCUT2D eigenvalue weighted by molar-refractivity contribution is -0.151. The Hall–Kier alpha value is -7.10. The lowest BCUT2D eigenvalue weighted by Gasteiger charge is -2.36. The molecule has 16 nitrogen and oxygen atoms in total. The number of fused-ring (bicyclic) bond motifs is 1. The summed E-state index contributed by atoms with van der Waals surface area (Å²) in [7, 11) is -5.07. The maximum Gasteiger partial charge on any atom is 0.347 e. The molecule has 2 atom stereocenters. The fourth-order valence-corrected chi connectivity index (χ4v) is 11.6. The van der Waals surface area contributed by atoms with Crippen molar-refractivity contribution in [3.8, 4) is 57.2 Å². The molecule has 3 aromatic heterocycles. The minimum absolute atomic E-state index is 0.00373. The summed E-state index contributed by atoms with van der Waals surface area (Å²) in [4.78, 5) is 33.0. The van der Waals surface area contributed by atoms with Crippen LogP contribution in [0.25, 0.3) is 39.4 Å². The highest BCUT2D eigenvalue weighted by molar-refractivity contribution is 7.86. The van der Waals surface area contributed by atoms with Crippen molar-refractivity contribution >= 4 is 70.2 Å². The molecule has 0 bridgehead atoms. The molecule has 0 spiro atoms. The number of benzene rings is 5. The number of aryl methyl sites for hydroxylation is 1. The molecule has 0 aliphatic carbocycles. The number of esters is 1. The zero-order valence-electron chi connectivity index (χ0n) is 48.2. The van der Waals surface area contributed by atoms with Crippen LogP contribution < -0.4 is 23.4 Å². The summed E-state index contributed by atoms with van der Waals surface area (Å²) in [6.07, 6.45) is 1.84. The maximum atomic E-state index is 14.7. The average molecular weight is 1240 g/mol. The van der Waals surface area contributed by atoms with E-state index >= 15 is 0 Å². The molecule has 0 radical (unpaired) electrons. The van der Waals surface area contributed by atoms with Gasteiger partial charge >= 0.3 is 5.97 Å². The van der Waals surface area contributed by atoms with Gasteiger partial charge in [-0.05, 0) is 130 Å². The van der Waals surface area contributed by atoms with Crippen LogP contribution in [0.5, 0.6) is 28.9 Å². The molecule has 0 fully saturated rings. The van der Waals surface area contributed by atoms with Crippen LogP contribution in [0.1, 0.15) is 55.6 Å². The van der Waals surface area contributed by atoms with E-state index in [1.807, 2.05) is 43.3 Å². The predicted octanol–water partition coefficient (Wildman–Crippen LogP) is 14.4. The SMILES string of the molecule is C=CCOC[C@H](COS(=O)(=O)c1ccc(C)cc1)Oc1c(Cl)c(C)c(-n2c(-c3ccc(F)cc3)c(Cl)c3ncnc(O[C@H](Cc4cc(O[Si](C)(C)C(C)(C)C)ccc4OCc4ccnc(-c5ccccc5OC)n4)C(=O)OCC)c32)c(C)c1Cl. The van der Waals surface area contributed by atoms with Crippen molar-refractivity contribution in [3.63, 3.8) is 0 Å². The normalized spacial score (nSPS) is 12.6. The van der Waals surface area contributed by atoms with Crippen LogP contribution >= 0.6 is 34.8 Å². The van der Waals surface area contributed by atoms with Gasteiger partial charge in [-0.25, -0.2) is 24.1 Å². The Morgan fingerprint density at radius 1 is 0.857 bits per heavy atom. The van der Waals surface area contributed by atoms with Crippen molar-refractivity contribution < 1.29 is 54.6 Å². The van der Waals surface area contributed by atoms with Gasteiger partial charge in [-0.2, -0.15) is 13.4 Å². The van der Waals surface area contributed by atoms with Gasteiger partial charge < -0.3 is 37.4 Å². The minimum Gasteiger partial charge on any atom is -0.543 e. The summed E-state index contributed by atoms with van der Waals surface area (Å²) in [5.41, 5.74) is 4.93. The second-order valence-electron chi connectivity index (χ2n) is 21.1. The van der Waals surface area contributed by atoms with Gasteiger partial charge in [-0.15, -0.1) is 6.58 Å². The number of hydrogen-bond acceptors (Lipinski definition) is 15. The van der Waals surface area contributed by atoms with Crippen molar-refractivity contribution in [2.75, 3.05) is 33.5 Å². The molecular weight excluding hydrogens is 1180 g/mol. The first-order valence-electron chi connectivity index (χ1n) is 26.8. The van der Waals surface area contributed by atoms with E-state index in [1.54, 1.807) is 75.0 Å². The molecule has 442 valence electrons. The Morgan fingerprint density at radius 3 is 2.23 bits per heavy atom. The van der Waals surface area contributed by atoms with Crippen molar-refractivity contribution in [1.29, 1.82) is 0 Å². The zero-order valence-corrected chi connectivity index (χ0v) is 52.3. The standard InChI is InChI=1S/C62H65Cl3FN5O11SSi/c1-12-30-76-34-45(35-79-83(73,74)46-25-18-37(3)19-26-46)80-58-51(63)38(4)55(39(5)52(58)64)71-56(40-20-22-42(66)23-21-40)53(65)54-57(71)60(69-36-68-54)81-50(61(72)77-13-2)32-41-31-44(82-84(10,11)62(6,7)8)24-27-48(41)78-33-43-28-29-67-59(70-43)47-16-14-15-17-49(47)75-9/h12,14-29,31,36,45,50H,1,13,30,32-35H2,2-11H3/t45-,50-/m1/s1. The Balaban J connectivity index is 1.23. The average Bonchev–Trinajstić information content (AvgIpc) is 1.88. The van der Waals surface area contributed by atoms with Gasteiger partial charge in [0.25, 0.3) is 10.1 Å². The molecule has 0 N–H and O–H groups in total. The molecule has 0 saturated heterocycles.